The molecular formula is C15H29N3O2. The summed E-state index contributed by atoms with van der Waals surface area (Å²) in [5.74, 6) is 0.177. The average Bonchev–Trinajstić information content (AvgIpc) is 2.90. The van der Waals surface area contributed by atoms with Gasteiger partial charge in [-0.05, 0) is 52.6 Å². The van der Waals surface area contributed by atoms with Crippen molar-refractivity contribution in [2.24, 2.45) is 0 Å². The quantitative estimate of drug-likeness (QED) is 0.706. The number of nitrogens with one attached hydrogen (secondary N) is 2. The predicted molar refractivity (Wildman–Crippen MR) is 79.7 cm³/mol. The Morgan fingerprint density at radius 1 is 1.30 bits per heavy atom. The van der Waals surface area contributed by atoms with Gasteiger partial charge in [0.25, 0.3) is 0 Å². The molecule has 0 aliphatic carbocycles. The zero-order chi connectivity index (χ0) is 14.4. The minimum absolute atomic E-state index is 0.0518. The van der Waals surface area contributed by atoms with Crippen LogP contribution in [0.2, 0.25) is 0 Å². The summed E-state index contributed by atoms with van der Waals surface area (Å²) < 4.78 is 5.73. The maximum absolute atomic E-state index is 11.8. The molecular weight excluding hydrogens is 254 g/mol. The summed E-state index contributed by atoms with van der Waals surface area (Å²) in [5, 5.41) is 6.26. The van der Waals surface area contributed by atoms with E-state index < -0.39 is 0 Å². The Morgan fingerprint density at radius 2 is 2.05 bits per heavy atom. The predicted octanol–water partition coefficient (Wildman–Crippen LogP) is 0.744. The van der Waals surface area contributed by atoms with Crippen LogP contribution in [0.1, 0.15) is 39.5 Å². The van der Waals surface area contributed by atoms with Gasteiger partial charge in [-0.3, -0.25) is 9.69 Å². The Hall–Kier alpha value is -0.650. The van der Waals surface area contributed by atoms with E-state index in [-0.39, 0.29) is 11.9 Å². The number of rotatable bonds is 6. The molecule has 2 fully saturated rings. The van der Waals surface area contributed by atoms with Crippen LogP contribution in [0.5, 0.6) is 0 Å². The molecule has 20 heavy (non-hydrogen) atoms. The number of carbonyl (C=O) groups is 1. The lowest BCUT2D eigenvalue weighted by atomic mass is 10.2. The van der Waals surface area contributed by atoms with Gasteiger partial charge in [0.2, 0.25) is 5.91 Å². The zero-order valence-corrected chi connectivity index (χ0v) is 12.9. The molecule has 2 heterocycles. The summed E-state index contributed by atoms with van der Waals surface area (Å²) in [6, 6.07) is 0.0518. The summed E-state index contributed by atoms with van der Waals surface area (Å²) in [7, 11) is 0. The largest absolute Gasteiger partial charge is 0.373 e. The molecule has 2 N–H and O–H groups in total. The summed E-state index contributed by atoms with van der Waals surface area (Å²) >= 11 is 0. The van der Waals surface area contributed by atoms with E-state index in [1.807, 2.05) is 0 Å². The first-order valence-electron chi connectivity index (χ1n) is 8.04. The SMILES string of the molecule is CC1CN(CCCCNC(=O)[C@@H]2CCCN2)CC(C)O1. The van der Waals surface area contributed by atoms with Crippen LogP contribution >= 0.6 is 0 Å². The van der Waals surface area contributed by atoms with Gasteiger partial charge in [0, 0.05) is 19.6 Å². The number of carbonyl (C=O) groups excluding carboxylic acids is 1. The Labute approximate surface area is 122 Å². The van der Waals surface area contributed by atoms with Crippen molar-refractivity contribution in [2.45, 2.75) is 57.8 Å². The van der Waals surface area contributed by atoms with Gasteiger partial charge in [0.15, 0.2) is 0 Å². The third kappa shape index (κ3) is 5.04. The maximum Gasteiger partial charge on any atom is 0.237 e. The van der Waals surface area contributed by atoms with E-state index in [4.69, 9.17) is 4.74 Å². The Kier molecular flexibility index (Phi) is 6.26. The van der Waals surface area contributed by atoms with Crippen LogP contribution in [0.4, 0.5) is 0 Å². The first-order chi connectivity index (χ1) is 9.65. The highest BCUT2D eigenvalue weighted by Crippen LogP contribution is 2.11. The maximum atomic E-state index is 11.8. The minimum atomic E-state index is 0.0518. The van der Waals surface area contributed by atoms with Crippen LogP contribution < -0.4 is 10.6 Å². The highest BCUT2D eigenvalue weighted by Gasteiger charge is 2.22. The van der Waals surface area contributed by atoms with Gasteiger partial charge in [-0.2, -0.15) is 0 Å². The van der Waals surface area contributed by atoms with Gasteiger partial charge in [-0.25, -0.2) is 0 Å². The number of nitrogens with zero attached hydrogens (tertiary/aromatic N) is 1. The highest BCUT2D eigenvalue weighted by molar-refractivity contribution is 5.81. The Balaban J connectivity index is 1.52. The third-order valence-corrected chi connectivity index (χ3v) is 4.07. The lowest BCUT2D eigenvalue weighted by Crippen LogP contribution is -2.45. The van der Waals surface area contributed by atoms with Crippen molar-refractivity contribution in [2.75, 3.05) is 32.7 Å². The smallest absolute Gasteiger partial charge is 0.237 e. The summed E-state index contributed by atoms with van der Waals surface area (Å²) in [4.78, 5) is 14.3. The fourth-order valence-corrected chi connectivity index (χ4v) is 3.17. The van der Waals surface area contributed by atoms with Crippen molar-refractivity contribution in [3.05, 3.63) is 0 Å². The van der Waals surface area contributed by atoms with E-state index in [0.29, 0.717) is 12.2 Å². The van der Waals surface area contributed by atoms with Crippen LogP contribution in [-0.2, 0) is 9.53 Å². The topological polar surface area (TPSA) is 53.6 Å². The standard InChI is InChI=1S/C15H29N3O2/c1-12-10-18(11-13(2)20-12)9-4-3-7-17-15(19)14-6-5-8-16-14/h12-14,16H,3-11H2,1-2H3,(H,17,19)/t12?,13?,14-/m0/s1. The molecule has 1 amide bonds. The van der Waals surface area contributed by atoms with Crippen LogP contribution in [0.25, 0.3) is 0 Å². The molecule has 2 aliphatic rings. The molecule has 2 saturated heterocycles. The second-order valence-electron chi connectivity index (χ2n) is 6.16. The number of hydrogen-bond acceptors (Lipinski definition) is 4. The fraction of sp³-hybridized carbons (Fsp3) is 0.933. The van der Waals surface area contributed by atoms with E-state index in [2.05, 4.69) is 29.4 Å². The van der Waals surface area contributed by atoms with Gasteiger partial charge < -0.3 is 15.4 Å². The van der Waals surface area contributed by atoms with Gasteiger partial charge in [-0.15, -0.1) is 0 Å². The van der Waals surface area contributed by atoms with Crippen LogP contribution in [0.15, 0.2) is 0 Å². The molecule has 0 bridgehead atoms. The molecule has 0 aromatic heterocycles. The van der Waals surface area contributed by atoms with Crippen molar-refractivity contribution >= 4 is 5.91 Å². The number of unbranched alkanes of at least 4 members (excludes halogenated alkanes) is 1. The first kappa shape index (κ1) is 15.7. The molecule has 0 saturated carbocycles. The van der Waals surface area contributed by atoms with E-state index in [9.17, 15) is 4.79 Å². The molecule has 3 atom stereocenters. The number of ether oxygens (including phenoxy) is 1. The van der Waals surface area contributed by atoms with E-state index in [1.165, 1.54) is 0 Å². The van der Waals surface area contributed by atoms with E-state index in [1.54, 1.807) is 0 Å². The second-order valence-corrected chi connectivity index (χ2v) is 6.16. The Morgan fingerprint density at radius 3 is 2.70 bits per heavy atom. The molecule has 0 radical (unpaired) electrons. The fourth-order valence-electron chi connectivity index (χ4n) is 3.17. The molecule has 2 rings (SSSR count). The van der Waals surface area contributed by atoms with Crippen LogP contribution in [0, 0.1) is 0 Å². The molecule has 0 aromatic carbocycles. The molecule has 5 heteroatoms. The van der Waals surface area contributed by atoms with E-state index >= 15 is 0 Å². The van der Waals surface area contributed by atoms with E-state index in [0.717, 1.165) is 58.4 Å². The highest BCUT2D eigenvalue weighted by atomic mass is 16.5. The molecule has 0 aromatic rings. The lowest BCUT2D eigenvalue weighted by Gasteiger charge is -2.35. The van der Waals surface area contributed by atoms with Gasteiger partial charge in [0.1, 0.15) is 0 Å². The summed E-state index contributed by atoms with van der Waals surface area (Å²) in [5.41, 5.74) is 0. The van der Waals surface area contributed by atoms with Crippen molar-refractivity contribution in [1.82, 2.24) is 15.5 Å². The summed E-state index contributed by atoms with van der Waals surface area (Å²) in [6.45, 7) is 9.22. The second kappa shape index (κ2) is 7.96. The van der Waals surface area contributed by atoms with Crippen molar-refractivity contribution in [3.63, 3.8) is 0 Å². The number of amides is 1. The van der Waals surface area contributed by atoms with Gasteiger partial charge in [-0.1, -0.05) is 0 Å². The summed E-state index contributed by atoms with van der Waals surface area (Å²) in [6.07, 6.45) is 4.97. The normalized spacial score (nSPS) is 31.4. The third-order valence-electron chi connectivity index (χ3n) is 4.07. The molecule has 0 spiro atoms. The minimum Gasteiger partial charge on any atom is -0.373 e. The zero-order valence-electron chi connectivity index (χ0n) is 12.9. The van der Waals surface area contributed by atoms with Crippen molar-refractivity contribution < 1.29 is 9.53 Å². The van der Waals surface area contributed by atoms with Gasteiger partial charge >= 0.3 is 0 Å². The number of morpholine rings is 1. The van der Waals surface area contributed by atoms with Crippen molar-refractivity contribution in [1.29, 1.82) is 0 Å². The van der Waals surface area contributed by atoms with Gasteiger partial charge in [0.05, 0.1) is 18.2 Å². The van der Waals surface area contributed by atoms with Crippen molar-refractivity contribution in [3.8, 4) is 0 Å². The lowest BCUT2D eigenvalue weighted by molar-refractivity contribution is -0.122. The molecule has 2 aliphatic heterocycles. The first-order valence-corrected chi connectivity index (χ1v) is 8.04. The molecule has 116 valence electrons. The van der Waals surface area contributed by atoms with Crippen LogP contribution in [-0.4, -0.2) is 61.8 Å². The Bertz CT molecular complexity index is 295. The average molecular weight is 283 g/mol. The molecule has 5 nitrogen and oxygen atoms in total. The monoisotopic (exact) mass is 283 g/mol. The number of hydrogen-bond donors (Lipinski definition) is 2. The molecule has 2 unspecified atom stereocenters. The van der Waals surface area contributed by atoms with Crippen LogP contribution in [0.3, 0.4) is 0 Å².